The van der Waals surface area contributed by atoms with Crippen LogP contribution in [0.5, 0.6) is 5.75 Å². The average Bonchev–Trinajstić information content (AvgIpc) is 2.65. The molecule has 0 aromatic heterocycles. The van der Waals surface area contributed by atoms with Gasteiger partial charge < -0.3 is 15.4 Å². The Balaban J connectivity index is 2.12. The first-order chi connectivity index (χ1) is 11.7. The number of benzene rings is 2. The Morgan fingerprint density at radius 1 is 1.12 bits per heavy atom. The van der Waals surface area contributed by atoms with E-state index in [1.54, 1.807) is 7.11 Å². The van der Waals surface area contributed by atoms with Gasteiger partial charge in [-0.3, -0.25) is 4.79 Å². The zero-order valence-electron chi connectivity index (χ0n) is 14.4. The van der Waals surface area contributed by atoms with E-state index >= 15 is 0 Å². The van der Waals surface area contributed by atoms with Crippen molar-refractivity contribution in [2.75, 3.05) is 20.2 Å². The molecule has 2 N–H and O–H groups in total. The molecule has 2 aromatic carbocycles. The van der Waals surface area contributed by atoms with Crippen LogP contribution in [0.15, 0.2) is 54.6 Å². The van der Waals surface area contributed by atoms with E-state index in [0.717, 1.165) is 23.3 Å². The Hall–Kier alpha value is -2.33. The van der Waals surface area contributed by atoms with Gasteiger partial charge in [0.2, 0.25) is 5.91 Å². The number of carbonyl (C=O) groups excluding carboxylic acids is 1. The topological polar surface area (TPSA) is 55.6 Å². The Labute approximate surface area is 144 Å². The van der Waals surface area contributed by atoms with Gasteiger partial charge in [-0.15, -0.1) is 0 Å². The van der Waals surface area contributed by atoms with Crippen LogP contribution in [0.3, 0.4) is 0 Å². The summed E-state index contributed by atoms with van der Waals surface area (Å²) in [5, 5.41) is 0. The molecule has 24 heavy (non-hydrogen) atoms. The van der Waals surface area contributed by atoms with Crippen LogP contribution >= 0.6 is 0 Å². The molecule has 0 aliphatic rings. The minimum Gasteiger partial charge on any atom is -0.497 e. The van der Waals surface area contributed by atoms with Crippen molar-refractivity contribution < 1.29 is 9.53 Å². The van der Waals surface area contributed by atoms with E-state index in [9.17, 15) is 4.79 Å². The van der Waals surface area contributed by atoms with Crippen molar-refractivity contribution in [3.8, 4) is 5.75 Å². The third-order valence-corrected chi connectivity index (χ3v) is 4.15. The molecule has 0 saturated heterocycles. The van der Waals surface area contributed by atoms with E-state index < -0.39 is 0 Å². The van der Waals surface area contributed by atoms with Crippen molar-refractivity contribution >= 4 is 5.91 Å². The molecule has 0 saturated carbocycles. The van der Waals surface area contributed by atoms with Crippen molar-refractivity contribution in [2.45, 2.75) is 25.8 Å². The number of hydrogen-bond acceptors (Lipinski definition) is 3. The van der Waals surface area contributed by atoms with Gasteiger partial charge >= 0.3 is 0 Å². The van der Waals surface area contributed by atoms with Gasteiger partial charge in [-0.1, -0.05) is 42.5 Å². The van der Waals surface area contributed by atoms with E-state index in [2.05, 4.69) is 0 Å². The van der Waals surface area contributed by atoms with Gasteiger partial charge in [0.1, 0.15) is 5.75 Å². The first kappa shape index (κ1) is 18.0. The minimum absolute atomic E-state index is 0.123. The highest BCUT2D eigenvalue weighted by Gasteiger charge is 2.22. The van der Waals surface area contributed by atoms with E-state index in [1.165, 1.54) is 0 Å². The smallest absolute Gasteiger partial charge is 0.230 e. The second kappa shape index (κ2) is 9.08. The summed E-state index contributed by atoms with van der Waals surface area (Å²) in [5.74, 6) is 0.720. The van der Waals surface area contributed by atoms with E-state index in [4.69, 9.17) is 10.5 Å². The van der Waals surface area contributed by atoms with Crippen LogP contribution < -0.4 is 10.5 Å². The third kappa shape index (κ3) is 4.83. The maximum absolute atomic E-state index is 13.0. The SMILES string of the molecule is COc1ccc(C(C)C(=O)N(CCCN)Cc2ccccc2)cc1. The summed E-state index contributed by atoms with van der Waals surface area (Å²) >= 11 is 0. The highest BCUT2D eigenvalue weighted by molar-refractivity contribution is 5.83. The van der Waals surface area contributed by atoms with Gasteiger partial charge in [0.15, 0.2) is 0 Å². The lowest BCUT2D eigenvalue weighted by Crippen LogP contribution is -2.35. The summed E-state index contributed by atoms with van der Waals surface area (Å²) in [6, 6.07) is 17.7. The molecule has 0 bridgehead atoms. The molecule has 4 nitrogen and oxygen atoms in total. The molecule has 0 heterocycles. The Kier molecular flexibility index (Phi) is 6.82. The normalized spacial score (nSPS) is 11.8. The number of methoxy groups -OCH3 is 1. The molecule has 128 valence electrons. The summed E-state index contributed by atoms with van der Waals surface area (Å²) in [6.07, 6.45) is 0.800. The van der Waals surface area contributed by atoms with Crippen LogP contribution in [-0.2, 0) is 11.3 Å². The van der Waals surface area contributed by atoms with Crippen molar-refractivity contribution in [1.82, 2.24) is 4.90 Å². The number of rotatable bonds is 8. The summed E-state index contributed by atoms with van der Waals surface area (Å²) in [5.41, 5.74) is 7.76. The van der Waals surface area contributed by atoms with Gasteiger partial charge in [-0.05, 0) is 43.1 Å². The van der Waals surface area contributed by atoms with Gasteiger partial charge in [0.25, 0.3) is 0 Å². The lowest BCUT2D eigenvalue weighted by atomic mass is 9.99. The Bertz CT molecular complexity index is 626. The molecule has 2 rings (SSSR count). The molecule has 0 aliphatic heterocycles. The van der Waals surface area contributed by atoms with Crippen molar-refractivity contribution in [3.05, 3.63) is 65.7 Å². The van der Waals surface area contributed by atoms with Crippen LogP contribution in [0.4, 0.5) is 0 Å². The maximum Gasteiger partial charge on any atom is 0.230 e. The molecule has 1 unspecified atom stereocenters. The molecule has 1 amide bonds. The summed E-state index contributed by atoms with van der Waals surface area (Å²) in [7, 11) is 1.64. The second-order valence-electron chi connectivity index (χ2n) is 5.88. The molecular formula is C20H26N2O2. The van der Waals surface area contributed by atoms with Crippen LogP contribution in [0.1, 0.15) is 30.4 Å². The Morgan fingerprint density at radius 3 is 2.38 bits per heavy atom. The standard InChI is InChI=1S/C20H26N2O2/c1-16(18-9-11-19(24-2)12-10-18)20(23)22(14-6-13-21)15-17-7-4-3-5-8-17/h3-5,7-12,16H,6,13-15,21H2,1-2H3. The number of ether oxygens (including phenoxy) is 1. The number of amides is 1. The number of carbonyl (C=O) groups is 1. The largest absolute Gasteiger partial charge is 0.497 e. The van der Waals surface area contributed by atoms with E-state index in [-0.39, 0.29) is 11.8 Å². The summed E-state index contributed by atoms with van der Waals surface area (Å²) in [6.45, 7) is 3.81. The van der Waals surface area contributed by atoms with Gasteiger partial charge in [-0.2, -0.15) is 0 Å². The van der Waals surface area contributed by atoms with Gasteiger partial charge in [-0.25, -0.2) is 0 Å². The highest BCUT2D eigenvalue weighted by atomic mass is 16.5. The fourth-order valence-electron chi connectivity index (χ4n) is 2.66. The molecular weight excluding hydrogens is 300 g/mol. The number of nitrogens with two attached hydrogens (primary N) is 1. The number of hydrogen-bond donors (Lipinski definition) is 1. The zero-order valence-corrected chi connectivity index (χ0v) is 14.4. The fourth-order valence-corrected chi connectivity index (χ4v) is 2.66. The second-order valence-corrected chi connectivity index (χ2v) is 5.88. The minimum atomic E-state index is -0.197. The van der Waals surface area contributed by atoms with E-state index in [1.807, 2.05) is 66.4 Å². The third-order valence-electron chi connectivity index (χ3n) is 4.15. The van der Waals surface area contributed by atoms with E-state index in [0.29, 0.717) is 19.6 Å². The van der Waals surface area contributed by atoms with Crippen LogP contribution in [-0.4, -0.2) is 31.0 Å². The van der Waals surface area contributed by atoms with Crippen LogP contribution in [0, 0.1) is 0 Å². The average molecular weight is 326 g/mol. The molecule has 0 radical (unpaired) electrons. The molecule has 0 spiro atoms. The molecule has 0 fully saturated rings. The fraction of sp³-hybridized carbons (Fsp3) is 0.350. The summed E-state index contributed by atoms with van der Waals surface area (Å²) < 4.78 is 5.18. The lowest BCUT2D eigenvalue weighted by Gasteiger charge is -2.26. The maximum atomic E-state index is 13.0. The molecule has 0 aliphatic carbocycles. The van der Waals surface area contributed by atoms with Crippen LogP contribution in [0.2, 0.25) is 0 Å². The number of nitrogens with zero attached hydrogens (tertiary/aromatic N) is 1. The first-order valence-electron chi connectivity index (χ1n) is 8.32. The molecule has 1 atom stereocenters. The monoisotopic (exact) mass is 326 g/mol. The predicted octanol–water partition coefficient (Wildman–Crippen LogP) is 3.18. The van der Waals surface area contributed by atoms with Gasteiger partial charge in [0.05, 0.1) is 13.0 Å². The van der Waals surface area contributed by atoms with Crippen molar-refractivity contribution in [2.24, 2.45) is 5.73 Å². The van der Waals surface area contributed by atoms with Crippen molar-refractivity contribution in [1.29, 1.82) is 0 Å². The lowest BCUT2D eigenvalue weighted by molar-refractivity contribution is -0.133. The molecule has 4 heteroatoms. The summed E-state index contributed by atoms with van der Waals surface area (Å²) in [4.78, 5) is 14.9. The highest BCUT2D eigenvalue weighted by Crippen LogP contribution is 2.22. The first-order valence-corrected chi connectivity index (χ1v) is 8.32. The van der Waals surface area contributed by atoms with Crippen LogP contribution in [0.25, 0.3) is 0 Å². The quantitative estimate of drug-likeness (QED) is 0.810. The predicted molar refractivity (Wildman–Crippen MR) is 96.9 cm³/mol. The van der Waals surface area contributed by atoms with Gasteiger partial charge in [0, 0.05) is 13.1 Å². The molecule has 2 aromatic rings. The Morgan fingerprint density at radius 2 is 1.79 bits per heavy atom. The van der Waals surface area contributed by atoms with Crippen molar-refractivity contribution in [3.63, 3.8) is 0 Å². The zero-order chi connectivity index (χ0) is 17.4.